The molecular weight excluding hydrogens is 220 g/mol. The summed E-state index contributed by atoms with van der Waals surface area (Å²) < 4.78 is 5.34. The number of rotatable bonds is 1. The van der Waals surface area contributed by atoms with Crippen molar-refractivity contribution in [1.29, 1.82) is 0 Å². The summed E-state index contributed by atoms with van der Waals surface area (Å²) in [5.74, 6) is 0.219. The lowest BCUT2D eigenvalue weighted by atomic mass is 9.98. The summed E-state index contributed by atoms with van der Waals surface area (Å²) in [6.07, 6.45) is 0.495. The van der Waals surface area contributed by atoms with Crippen LogP contribution in [0.3, 0.4) is 0 Å². The molecule has 17 heavy (non-hydrogen) atoms. The third-order valence-electron chi connectivity index (χ3n) is 2.56. The van der Waals surface area contributed by atoms with E-state index < -0.39 is 5.60 Å². The quantitative estimate of drug-likeness (QED) is 0.663. The number of hydrogen-bond donors (Lipinski definition) is 0. The molecule has 0 aromatic heterocycles. The normalized spacial score (nSPS) is 23.7. The molecule has 0 saturated carbocycles. The Bertz CT molecular complexity index is 307. The summed E-state index contributed by atoms with van der Waals surface area (Å²) in [4.78, 5) is 18.4. The van der Waals surface area contributed by atoms with E-state index in [1.165, 1.54) is 0 Å². The van der Waals surface area contributed by atoms with Gasteiger partial charge in [0, 0.05) is 25.4 Å². The SMILES string of the molecule is CO/N=C1/CCN(C(=O)OC(C)(C)C)CC1C. The van der Waals surface area contributed by atoms with E-state index in [9.17, 15) is 4.79 Å². The highest BCUT2D eigenvalue weighted by molar-refractivity contribution is 5.88. The molecule has 1 aliphatic rings. The van der Waals surface area contributed by atoms with Crippen molar-refractivity contribution in [3.8, 4) is 0 Å². The molecular formula is C12H22N2O3. The average Bonchev–Trinajstić information content (AvgIpc) is 2.18. The fourth-order valence-electron chi connectivity index (χ4n) is 1.77. The Morgan fingerprint density at radius 1 is 1.47 bits per heavy atom. The number of piperidine rings is 1. The highest BCUT2D eigenvalue weighted by atomic mass is 16.6. The van der Waals surface area contributed by atoms with E-state index in [1.807, 2.05) is 27.7 Å². The van der Waals surface area contributed by atoms with Crippen molar-refractivity contribution < 1.29 is 14.4 Å². The number of hydrogen-bond acceptors (Lipinski definition) is 4. The fraction of sp³-hybridized carbons (Fsp3) is 0.833. The molecule has 98 valence electrons. The second-order valence-electron chi connectivity index (χ2n) is 5.34. The van der Waals surface area contributed by atoms with E-state index >= 15 is 0 Å². The topological polar surface area (TPSA) is 51.1 Å². The first kappa shape index (κ1) is 13.8. The summed E-state index contributed by atoms with van der Waals surface area (Å²) >= 11 is 0. The molecule has 1 atom stereocenters. The Kier molecular flexibility index (Phi) is 4.37. The molecule has 1 heterocycles. The van der Waals surface area contributed by atoms with Gasteiger partial charge in [0.15, 0.2) is 0 Å². The van der Waals surface area contributed by atoms with Gasteiger partial charge in [-0.1, -0.05) is 12.1 Å². The van der Waals surface area contributed by atoms with Crippen LogP contribution in [0.1, 0.15) is 34.1 Å². The second kappa shape index (κ2) is 5.38. The molecule has 0 bridgehead atoms. The fourth-order valence-corrected chi connectivity index (χ4v) is 1.77. The molecule has 1 saturated heterocycles. The zero-order valence-corrected chi connectivity index (χ0v) is 11.3. The zero-order chi connectivity index (χ0) is 13.1. The molecule has 1 amide bonds. The van der Waals surface area contributed by atoms with Crippen LogP contribution in [0.4, 0.5) is 4.79 Å². The number of carbonyl (C=O) groups is 1. The van der Waals surface area contributed by atoms with E-state index in [1.54, 1.807) is 12.0 Å². The highest BCUT2D eigenvalue weighted by Crippen LogP contribution is 2.17. The first-order chi connectivity index (χ1) is 7.83. The van der Waals surface area contributed by atoms with Gasteiger partial charge in [0.05, 0.1) is 5.71 Å². The number of nitrogens with zero attached hydrogens (tertiary/aromatic N) is 2. The highest BCUT2D eigenvalue weighted by Gasteiger charge is 2.29. The van der Waals surface area contributed by atoms with Crippen molar-refractivity contribution >= 4 is 11.8 Å². The Balaban J connectivity index is 2.55. The Labute approximate surface area is 103 Å². The Morgan fingerprint density at radius 2 is 2.12 bits per heavy atom. The van der Waals surface area contributed by atoms with Gasteiger partial charge < -0.3 is 14.5 Å². The van der Waals surface area contributed by atoms with E-state index in [0.717, 1.165) is 12.1 Å². The van der Waals surface area contributed by atoms with Gasteiger partial charge >= 0.3 is 6.09 Å². The number of carbonyl (C=O) groups excluding carboxylic acids is 1. The molecule has 5 nitrogen and oxygen atoms in total. The number of ether oxygens (including phenoxy) is 1. The van der Waals surface area contributed by atoms with Gasteiger partial charge in [-0.25, -0.2) is 4.79 Å². The predicted molar refractivity (Wildman–Crippen MR) is 66.0 cm³/mol. The number of amides is 1. The summed E-state index contributed by atoms with van der Waals surface area (Å²) in [6.45, 7) is 8.93. The van der Waals surface area contributed by atoms with Gasteiger partial charge in [0.25, 0.3) is 0 Å². The van der Waals surface area contributed by atoms with Crippen LogP contribution in [0.15, 0.2) is 5.16 Å². The first-order valence-electron chi connectivity index (χ1n) is 5.91. The van der Waals surface area contributed by atoms with E-state index in [2.05, 4.69) is 5.16 Å². The summed E-state index contributed by atoms with van der Waals surface area (Å²) in [5.41, 5.74) is 0.564. The molecule has 1 aliphatic heterocycles. The van der Waals surface area contributed by atoms with Crippen LogP contribution in [0.2, 0.25) is 0 Å². The lowest BCUT2D eigenvalue weighted by molar-refractivity contribution is 0.0225. The molecule has 1 unspecified atom stereocenters. The molecule has 5 heteroatoms. The maximum atomic E-state index is 11.9. The Hall–Kier alpha value is -1.26. The predicted octanol–water partition coefficient (Wildman–Crippen LogP) is 2.27. The van der Waals surface area contributed by atoms with Crippen LogP contribution in [-0.2, 0) is 9.57 Å². The maximum absolute atomic E-state index is 11.9. The lowest BCUT2D eigenvalue weighted by Crippen LogP contribution is -2.45. The van der Waals surface area contributed by atoms with Gasteiger partial charge in [0.2, 0.25) is 0 Å². The standard InChI is InChI=1S/C12H22N2O3/c1-9-8-14(7-6-10(9)13-16-5)11(15)17-12(2,3)4/h9H,6-8H2,1-5H3/b13-10-. The van der Waals surface area contributed by atoms with Crippen LogP contribution < -0.4 is 0 Å². The zero-order valence-electron chi connectivity index (χ0n) is 11.3. The molecule has 0 N–H and O–H groups in total. The minimum Gasteiger partial charge on any atom is -0.444 e. The molecule has 1 fully saturated rings. The van der Waals surface area contributed by atoms with Gasteiger partial charge in [-0.05, 0) is 20.8 Å². The molecule has 0 radical (unpaired) electrons. The average molecular weight is 242 g/mol. The van der Waals surface area contributed by atoms with E-state index in [4.69, 9.17) is 9.57 Å². The third-order valence-corrected chi connectivity index (χ3v) is 2.56. The first-order valence-corrected chi connectivity index (χ1v) is 5.91. The third kappa shape index (κ3) is 4.24. The van der Waals surface area contributed by atoms with Crippen LogP contribution in [0, 0.1) is 5.92 Å². The minimum absolute atomic E-state index is 0.219. The van der Waals surface area contributed by atoms with Crippen LogP contribution in [0.25, 0.3) is 0 Å². The van der Waals surface area contributed by atoms with E-state index in [-0.39, 0.29) is 12.0 Å². The minimum atomic E-state index is -0.443. The van der Waals surface area contributed by atoms with Crippen molar-refractivity contribution in [2.45, 2.75) is 39.7 Å². The van der Waals surface area contributed by atoms with E-state index in [0.29, 0.717) is 13.1 Å². The molecule has 0 aromatic carbocycles. The molecule has 0 spiro atoms. The van der Waals surface area contributed by atoms with Crippen molar-refractivity contribution in [2.75, 3.05) is 20.2 Å². The van der Waals surface area contributed by atoms with Crippen molar-refractivity contribution in [2.24, 2.45) is 11.1 Å². The van der Waals surface area contributed by atoms with Gasteiger partial charge in [0.1, 0.15) is 12.7 Å². The van der Waals surface area contributed by atoms with Gasteiger partial charge in [-0.2, -0.15) is 0 Å². The summed E-state index contributed by atoms with van der Waals surface area (Å²) in [5, 5.41) is 3.97. The molecule has 1 rings (SSSR count). The van der Waals surface area contributed by atoms with Crippen molar-refractivity contribution in [3.63, 3.8) is 0 Å². The monoisotopic (exact) mass is 242 g/mol. The van der Waals surface area contributed by atoms with Gasteiger partial charge in [-0.15, -0.1) is 0 Å². The van der Waals surface area contributed by atoms with Gasteiger partial charge in [-0.3, -0.25) is 0 Å². The summed E-state index contributed by atoms with van der Waals surface area (Å²) in [7, 11) is 1.54. The second-order valence-corrected chi connectivity index (χ2v) is 5.34. The maximum Gasteiger partial charge on any atom is 0.410 e. The lowest BCUT2D eigenvalue weighted by Gasteiger charge is -2.33. The number of oxime groups is 1. The van der Waals surface area contributed by atoms with Crippen LogP contribution in [0.5, 0.6) is 0 Å². The molecule has 0 aromatic rings. The Morgan fingerprint density at radius 3 is 2.59 bits per heavy atom. The smallest absolute Gasteiger partial charge is 0.410 e. The molecule has 0 aliphatic carbocycles. The van der Waals surface area contributed by atoms with Crippen molar-refractivity contribution in [1.82, 2.24) is 4.90 Å². The summed E-state index contributed by atoms with van der Waals surface area (Å²) in [6, 6.07) is 0. The van der Waals surface area contributed by atoms with Crippen LogP contribution >= 0.6 is 0 Å². The van der Waals surface area contributed by atoms with Crippen LogP contribution in [-0.4, -0.2) is 42.5 Å². The largest absolute Gasteiger partial charge is 0.444 e. The number of likely N-dealkylation sites (tertiary alicyclic amines) is 1. The van der Waals surface area contributed by atoms with Crippen molar-refractivity contribution in [3.05, 3.63) is 0 Å².